The van der Waals surface area contributed by atoms with Crippen LogP contribution in [0.5, 0.6) is 0 Å². The van der Waals surface area contributed by atoms with Crippen molar-refractivity contribution in [3.63, 3.8) is 0 Å². The molecule has 0 atom stereocenters. The molecule has 0 saturated heterocycles. The van der Waals surface area contributed by atoms with Crippen LogP contribution in [0.25, 0.3) is 0 Å². The molecule has 0 spiro atoms. The number of alkyl halides is 1. The van der Waals surface area contributed by atoms with E-state index in [0.29, 0.717) is 0 Å². The van der Waals surface area contributed by atoms with Crippen LogP contribution in [0.2, 0.25) is 0 Å². The van der Waals surface area contributed by atoms with Crippen molar-refractivity contribution in [2.75, 3.05) is 4.93 Å². The summed E-state index contributed by atoms with van der Waals surface area (Å²) in [6.07, 6.45) is 10.0. The Balaban J connectivity index is 0. The molecule has 2 heteroatoms. The molecule has 1 aliphatic carbocycles. The van der Waals surface area contributed by atoms with Crippen LogP contribution in [0.3, 0.4) is 0 Å². The van der Waals surface area contributed by atoms with Crippen molar-refractivity contribution in [2.24, 2.45) is 0 Å². The Morgan fingerprint density at radius 1 is 1.50 bits per heavy atom. The van der Waals surface area contributed by atoms with E-state index < -0.39 is 0 Å². The summed E-state index contributed by atoms with van der Waals surface area (Å²) in [7, 11) is 0. The van der Waals surface area contributed by atoms with Crippen molar-refractivity contribution >= 4 is 22.6 Å². The minimum absolute atomic E-state index is 0. The molecule has 0 heterocycles. The molecule has 0 aromatic rings. The van der Waals surface area contributed by atoms with Gasteiger partial charge in [-0.2, -0.15) is 6.08 Å². The van der Waals surface area contributed by atoms with Gasteiger partial charge in [0.15, 0.2) is 0 Å². The van der Waals surface area contributed by atoms with Gasteiger partial charge >= 0.3 is 0 Å². The minimum Gasteiger partial charge on any atom is -0.273 e. The predicted molar refractivity (Wildman–Crippen MR) is 41.5 cm³/mol. The molecule has 0 aromatic heterocycles. The fourth-order valence-corrected chi connectivity index (χ4v) is 0.340. The monoisotopic (exact) mass is 255 g/mol. The summed E-state index contributed by atoms with van der Waals surface area (Å²) in [4.78, 5) is 1.97. The molecule has 0 aliphatic heterocycles. The van der Waals surface area contributed by atoms with Gasteiger partial charge < -0.3 is 0 Å². The summed E-state index contributed by atoms with van der Waals surface area (Å²) >= 11 is 2.15. The molecule has 0 amide bonds. The first kappa shape index (κ1) is 11.7. The molecule has 0 bridgehead atoms. The van der Waals surface area contributed by atoms with Gasteiger partial charge in [-0.05, 0) is 4.93 Å². The van der Waals surface area contributed by atoms with E-state index in [1.165, 1.54) is 0 Å². The van der Waals surface area contributed by atoms with Crippen LogP contribution >= 0.6 is 22.6 Å². The Labute approximate surface area is 79.5 Å². The van der Waals surface area contributed by atoms with E-state index in [1.807, 2.05) is 17.1 Å². The smallest absolute Gasteiger partial charge is 0 e. The first-order valence-electron chi connectivity index (χ1n) is 2.10. The molecule has 8 heavy (non-hydrogen) atoms. The second-order valence-electron chi connectivity index (χ2n) is 1.00. The number of rotatable bonds is 0. The molecule has 0 nitrogen and oxygen atoms in total. The molecule has 0 N–H and O–H groups in total. The third kappa shape index (κ3) is 6.92. The number of hydrogen-bond donors (Lipinski definition) is 0. The number of hydrogen-bond acceptors (Lipinski definition) is 0. The van der Waals surface area contributed by atoms with E-state index in [-0.39, 0.29) is 21.7 Å². The second kappa shape index (κ2) is 10.8. The van der Waals surface area contributed by atoms with Crippen LogP contribution in [-0.4, -0.2) is 4.93 Å². The average Bonchev–Trinajstić information content (AvgIpc) is 2.23. The zero-order valence-electron chi connectivity index (χ0n) is 4.82. The van der Waals surface area contributed by atoms with E-state index in [9.17, 15) is 0 Å². The van der Waals surface area contributed by atoms with Gasteiger partial charge in [0.2, 0.25) is 0 Å². The quantitative estimate of drug-likeness (QED) is 0.270. The van der Waals surface area contributed by atoms with Gasteiger partial charge in [-0.3, -0.25) is 6.08 Å². The Morgan fingerprint density at radius 3 is 2.25 bits per heavy atom. The largest absolute Gasteiger partial charge is 0.273 e. The number of allylic oxidation sites excluding steroid dienone is 4. The summed E-state index contributed by atoms with van der Waals surface area (Å²) in [5.74, 6) is 0. The molecule has 0 fully saturated rings. The van der Waals surface area contributed by atoms with Crippen LogP contribution in [0.15, 0.2) is 18.2 Å². The van der Waals surface area contributed by atoms with Gasteiger partial charge in [0, 0.05) is 21.7 Å². The molecule has 44 valence electrons. The van der Waals surface area contributed by atoms with Crippen molar-refractivity contribution in [3.05, 3.63) is 24.3 Å². The zero-order chi connectivity index (χ0) is 5.54. The van der Waals surface area contributed by atoms with Crippen LogP contribution in [0, 0.1) is 6.08 Å². The van der Waals surface area contributed by atoms with Crippen molar-refractivity contribution in [1.29, 1.82) is 0 Å². The number of halogens is 1. The van der Waals surface area contributed by atoms with Gasteiger partial charge in [-0.15, -0.1) is 6.42 Å². The molecular formula is C6H8ITi-. The van der Waals surface area contributed by atoms with Crippen molar-refractivity contribution < 1.29 is 21.7 Å². The standard InChI is InChI=1S/C5H5.CH3I.Ti/c1-2-4-5-3-1;1-2;/h1-3H,4H2;1H3;/q-1;;. The Hall–Kier alpha value is 0.924. The van der Waals surface area contributed by atoms with Gasteiger partial charge in [0.05, 0.1) is 0 Å². The molecular weight excluding hydrogens is 247 g/mol. The summed E-state index contributed by atoms with van der Waals surface area (Å²) in [6, 6.07) is 0. The topological polar surface area (TPSA) is 0 Å². The van der Waals surface area contributed by atoms with Crippen molar-refractivity contribution in [3.8, 4) is 0 Å². The van der Waals surface area contributed by atoms with Gasteiger partial charge in [-0.1, -0.05) is 22.6 Å². The van der Waals surface area contributed by atoms with E-state index in [1.54, 1.807) is 0 Å². The minimum atomic E-state index is 0. The Kier molecular flexibility index (Phi) is 15.8. The Morgan fingerprint density at radius 2 is 2.12 bits per heavy atom. The van der Waals surface area contributed by atoms with Crippen molar-refractivity contribution in [1.82, 2.24) is 0 Å². The normalized spacial score (nSPS) is 11.8. The van der Waals surface area contributed by atoms with Crippen LogP contribution < -0.4 is 0 Å². The van der Waals surface area contributed by atoms with Gasteiger partial charge in [-0.25, -0.2) is 12.2 Å². The maximum absolute atomic E-state index is 2.99. The first-order valence-corrected chi connectivity index (χ1v) is 4.25. The SMILES string of the molecule is CI.[C-]1=CC=CC1.[Ti]. The summed E-state index contributed by atoms with van der Waals surface area (Å²) in [5, 5.41) is 0. The maximum atomic E-state index is 2.99. The van der Waals surface area contributed by atoms with E-state index in [4.69, 9.17) is 0 Å². The third-order valence-electron chi connectivity index (χ3n) is 0.586. The summed E-state index contributed by atoms with van der Waals surface area (Å²) in [6.45, 7) is 0. The fraction of sp³-hybridized carbons (Fsp3) is 0.333. The molecule has 0 unspecified atom stereocenters. The summed E-state index contributed by atoms with van der Waals surface area (Å²) in [5.41, 5.74) is 0. The van der Waals surface area contributed by atoms with Crippen LogP contribution in [-0.2, 0) is 21.7 Å². The second-order valence-corrected chi connectivity index (χ2v) is 1.00. The Bertz CT molecular complexity index is 66.6. The molecule has 1 rings (SSSR count). The first-order chi connectivity index (χ1) is 3.50. The molecule has 0 saturated carbocycles. The maximum Gasteiger partial charge on any atom is 0 e. The van der Waals surface area contributed by atoms with Gasteiger partial charge in [0.1, 0.15) is 0 Å². The van der Waals surface area contributed by atoms with E-state index >= 15 is 0 Å². The molecule has 0 aromatic carbocycles. The summed E-state index contributed by atoms with van der Waals surface area (Å²) < 4.78 is 0. The average molecular weight is 255 g/mol. The van der Waals surface area contributed by atoms with Crippen LogP contribution in [0.4, 0.5) is 0 Å². The fourth-order valence-electron chi connectivity index (χ4n) is 0.340. The van der Waals surface area contributed by atoms with Gasteiger partial charge in [0.25, 0.3) is 0 Å². The molecule has 1 aliphatic rings. The van der Waals surface area contributed by atoms with Crippen molar-refractivity contribution in [2.45, 2.75) is 6.42 Å². The zero-order valence-corrected chi connectivity index (χ0v) is 8.54. The third-order valence-corrected chi connectivity index (χ3v) is 0.586. The van der Waals surface area contributed by atoms with Crippen LogP contribution in [0.1, 0.15) is 6.42 Å². The van der Waals surface area contributed by atoms with E-state index in [0.717, 1.165) is 6.42 Å². The van der Waals surface area contributed by atoms with E-state index in [2.05, 4.69) is 34.7 Å². The predicted octanol–water partition coefficient (Wildman–Crippen LogP) is 2.35. The molecule has 0 radical (unpaired) electrons.